The van der Waals surface area contributed by atoms with Crippen molar-refractivity contribution < 1.29 is 19.8 Å². The minimum absolute atomic E-state index is 0.296. The first-order valence-corrected chi connectivity index (χ1v) is 5.88. The van der Waals surface area contributed by atoms with Gasteiger partial charge in [-0.1, -0.05) is 27.7 Å². The van der Waals surface area contributed by atoms with E-state index in [2.05, 4.69) is 11.5 Å². The Morgan fingerprint density at radius 2 is 1.77 bits per heavy atom. The van der Waals surface area contributed by atoms with Gasteiger partial charge in [0.2, 0.25) is 0 Å². The van der Waals surface area contributed by atoms with Crippen LogP contribution in [-0.2, 0) is 9.59 Å². The predicted molar refractivity (Wildman–Crippen MR) is 53.7 cm³/mol. The van der Waals surface area contributed by atoms with E-state index in [1.807, 2.05) is 21.6 Å². The molecule has 0 aromatic heterocycles. The van der Waals surface area contributed by atoms with E-state index in [9.17, 15) is 9.59 Å². The number of rotatable bonds is 3. The molecular weight excluding hydrogens is 212 g/mol. The van der Waals surface area contributed by atoms with Crippen molar-refractivity contribution in [1.82, 2.24) is 0 Å². The highest BCUT2D eigenvalue weighted by atomic mass is 33.1. The zero-order chi connectivity index (χ0) is 10.1. The van der Waals surface area contributed by atoms with Gasteiger partial charge in [0.15, 0.2) is 0 Å². The quantitative estimate of drug-likeness (QED) is 0.710. The summed E-state index contributed by atoms with van der Waals surface area (Å²) in [6.07, 6.45) is 1.57. The van der Waals surface area contributed by atoms with E-state index in [1.165, 1.54) is 5.75 Å². The first-order chi connectivity index (χ1) is 6.13. The van der Waals surface area contributed by atoms with Crippen LogP contribution in [0.25, 0.3) is 0 Å². The molecule has 6 heteroatoms. The average Bonchev–Trinajstić information content (AvgIpc) is 2.57. The Hall–Kier alpha value is -0.620. The minimum atomic E-state index is -1.08. The van der Waals surface area contributed by atoms with Gasteiger partial charge in [0.25, 0.3) is 0 Å². The molecule has 0 aromatic carbocycles. The number of carbonyl (C=O) groups is 2. The van der Waals surface area contributed by atoms with Crippen molar-refractivity contribution >= 4 is 33.5 Å². The zero-order valence-electron chi connectivity index (χ0n) is 6.80. The van der Waals surface area contributed by atoms with Crippen LogP contribution in [0, 0.1) is 0 Å². The lowest BCUT2D eigenvalue weighted by Gasteiger charge is -1.85. The Morgan fingerprint density at radius 1 is 1.23 bits per heavy atom. The van der Waals surface area contributed by atoms with Crippen LogP contribution < -0.4 is 0 Å². The molecule has 0 fully saturated rings. The van der Waals surface area contributed by atoms with Crippen molar-refractivity contribution in [3.05, 3.63) is 11.5 Å². The third kappa shape index (κ3) is 11.4. The van der Waals surface area contributed by atoms with Gasteiger partial charge in [0.05, 0.1) is 12.8 Å². The molecule has 0 unspecified atom stereocenters. The fraction of sp³-hybridized carbons (Fsp3) is 0.429. The van der Waals surface area contributed by atoms with Crippen LogP contribution in [0.4, 0.5) is 0 Å². The van der Waals surface area contributed by atoms with E-state index < -0.39 is 11.9 Å². The van der Waals surface area contributed by atoms with Crippen LogP contribution in [0.3, 0.4) is 0 Å². The molecule has 0 bridgehead atoms. The third-order valence-corrected chi connectivity index (χ3v) is 2.85. The van der Waals surface area contributed by atoms with E-state index in [0.29, 0.717) is 0 Å². The molecule has 74 valence electrons. The van der Waals surface area contributed by atoms with Gasteiger partial charge >= 0.3 is 11.9 Å². The normalized spacial score (nSPS) is 13.2. The monoisotopic (exact) mass is 222 g/mol. The van der Waals surface area contributed by atoms with Gasteiger partial charge in [0.1, 0.15) is 0 Å². The third-order valence-electron chi connectivity index (χ3n) is 0.937. The van der Waals surface area contributed by atoms with Crippen LogP contribution in [0.5, 0.6) is 0 Å². The summed E-state index contributed by atoms with van der Waals surface area (Å²) in [7, 11) is 3.69. The van der Waals surface area contributed by atoms with E-state index >= 15 is 0 Å². The second-order valence-corrected chi connectivity index (χ2v) is 4.36. The molecule has 0 radical (unpaired) electrons. The molecule has 0 spiro atoms. The smallest absolute Gasteiger partial charge is 0.303 e. The maximum Gasteiger partial charge on any atom is 0.303 e. The summed E-state index contributed by atoms with van der Waals surface area (Å²) in [5.41, 5.74) is 0. The molecule has 1 aliphatic rings. The van der Waals surface area contributed by atoms with Gasteiger partial charge in [-0.2, -0.15) is 0 Å². The maximum absolute atomic E-state index is 9.64. The first kappa shape index (κ1) is 12.4. The van der Waals surface area contributed by atoms with Crippen LogP contribution >= 0.6 is 21.6 Å². The molecule has 13 heavy (non-hydrogen) atoms. The summed E-state index contributed by atoms with van der Waals surface area (Å²) in [4.78, 5) is 19.3. The fourth-order valence-corrected chi connectivity index (χ4v) is 1.98. The van der Waals surface area contributed by atoms with E-state index in [0.717, 1.165) is 0 Å². The highest BCUT2D eigenvalue weighted by molar-refractivity contribution is 8.78. The average molecular weight is 222 g/mol. The number of carboxylic acid groups (broad SMARTS) is 2. The lowest BCUT2D eigenvalue weighted by molar-refractivity contribution is -0.143. The first-order valence-electron chi connectivity index (χ1n) is 3.50. The highest BCUT2D eigenvalue weighted by Crippen LogP contribution is 2.27. The Bertz CT molecular complexity index is 183. The van der Waals surface area contributed by atoms with E-state index in [-0.39, 0.29) is 12.8 Å². The second-order valence-electron chi connectivity index (χ2n) is 2.04. The summed E-state index contributed by atoms with van der Waals surface area (Å²) in [5, 5.41) is 17.9. The van der Waals surface area contributed by atoms with E-state index in [1.54, 1.807) is 0 Å². The summed E-state index contributed by atoms with van der Waals surface area (Å²) in [6.45, 7) is 0. The molecule has 4 nitrogen and oxygen atoms in total. The van der Waals surface area contributed by atoms with Crippen molar-refractivity contribution in [2.24, 2.45) is 0 Å². The molecule has 0 aromatic rings. The standard InChI is InChI=1S/C4H6O4.C3H4S2/c5-3(6)1-2-4(7)8;1-2-4-5-3-1/h1-2H2,(H,5,6)(H,7,8);1-2H,3H2. The zero-order valence-corrected chi connectivity index (χ0v) is 8.44. The number of aliphatic carboxylic acids is 2. The van der Waals surface area contributed by atoms with Crippen LogP contribution in [-0.4, -0.2) is 27.9 Å². The van der Waals surface area contributed by atoms with Crippen LogP contribution in [0.2, 0.25) is 0 Å². The molecular formula is C7H10O4S2. The molecule has 0 amide bonds. The van der Waals surface area contributed by atoms with Gasteiger partial charge in [-0.25, -0.2) is 0 Å². The lowest BCUT2D eigenvalue weighted by atomic mass is 10.3. The molecule has 1 aliphatic heterocycles. The van der Waals surface area contributed by atoms with Gasteiger partial charge in [-0.3, -0.25) is 9.59 Å². The number of carboxylic acids is 2. The lowest BCUT2D eigenvalue weighted by Crippen LogP contribution is -2.00. The molecule has 0 aliphatic carbocycles. The van der Waals surface area contributed by atoms with Gasteiger partial charge < -0.3 is 10.2 Å². The van der Waals surface area contributed by atoms with Crippen molar-refractivity contribution in [3.63, 3.8) is 0 Å². The maximum atomic E-state index is 9.64. The fourth-order valence-electron chi connectivity index (χ4n) is 0.410. The molecule has 1 rings (SSSR count). The van der Waals surface area contributed by atoms with Gasteiger partial charge in [-0.05, 0) is 5.41 Å². The van der Waals surface area contributed by atoms with Crippen molar-refractivity contribution in [1.29, 1.82) is 0 Å². The SMILES string of the molecule is C1=CSSC1.O=C(O)CCC(=O)O. The van der Waals surface area contributed by atoms with Crippen molar-refractivity contribution in [2.45, 2.75) is 12.8 Å². The van der Waals surface area contributed by atoms with Gasteiger partial charge in [0, 0.05) is 5.75 Å². The predicted octanol–water partition coefficient (Wildman–Crippen LogP) is 1.83. The van der Waals surface area contributed by atoms with Crippen LogP contribution in [0.1, 0.15) is 12.8 Å². The Morgan fingerprint density at radius 3 is 1.92 bits per heavy atom. The molecule has 0 saturated carbocycles. The second kappa shape index (κ2) is 8.00. The molecule has 0 saturated heterocycles. The van der Waals surface area contributed by atoms with Gasteiger partial charge in [-0.15, -0.1) is 0 Å². The molecule has 2 N–H and O–H groups in total. The number of hydrogen-bond donors (Lipinski definition) is 2. The van der Waals surface area contributed by atoms with Crippen molar-refractivity contribution in [2.75, 3.05) is 5.75 Å². The largest absolute Gasteiger partial charge is 0.481 e. The number of hydrogen-bond acceptors (Lipinski definition) is 4. The minimum Gasteiger partial charge on any atom is -0.481 e. The Kier molecular flexibility index (Phi) is 7.62. The molecule has 0 atom stereocenters. The highest BCUT2D eigenvalue weighted by Gasteiger charge is 2.00. The van der Waals surface area contributed by atoms with Crippen LogP contribution in [0.15, 0.2) is 11.5 Å². The summed E-state index contributed by atoms with van der Waals surface area (Å²) >= 11 is 0. The topological polar surface area (TPSA) is 74.6 Å². The Labute approximate surface area is 83.8 Å². The van der Waals surface area contributed by atoms with E-state index in [4.69, 9.17) is 10.2 Å². The summed E-state index contributed by atoms with van der Waals surface area (Å²) in [5.74, 6) is -0.954. The summed E-state index contributed by atoms with van der Waals surface area (Å²) < 4.78 is 0. The Balaban J connectivity index is 0.000000243. The summed E-state index contributed by atoms with van der Waals surface area (Å²) in [6, 6.07) is 0. The van der Waals surface area contributed by atoms with Crippen molar-refractivity contribution in [3.8, 4) is 0 Å². The molecule has 1 heterocycles.